The van der Waals surface area contributed by atoms with Gasteiger partial charge < -0.3 is 15.4 Å². The number of hydrogen-bond donors (Lipinski definition) is 2. The second kappa shape index (κ2) is 5.58. The summed E-state index contributed by atoms with van der Waals surface area (Å²) in [4.78, 5) is 28.5. The van der Waals surface area contributed by atoms with Crippen molar-refractivity contribution in [3.63, 3.8) is 0 Å². The smallest absolute Gasteiger partial charge is 0.329 e. The zero-order valence-electron chi connectivity index (χ0n) is 9.26. The first-order chi connectivity index (χ1) is 8.08. The topological polar surface area (TPSA) is 119 Å². The van der Waals surface area contributed by atoms with Crippen LogP contribution in [-0.2, 0) is 9.53 Å². The van der Waals surface area contributed by atoms with Crippen LogP contribution in [0.2, 0.25) is 0 Å². The molecule has 0 fully saturated rings. The van der Waals surface area contributed by atoms with Gasteiger partial charge in [-0.25, -0.2) is 4.98 Å². The molecular weight excluding hydrogens is 230 g/mol. The number of nitrogens with one attached hydrogen (secondary N) is 2. The lowest BCUT2D eigenvalue weighted by Gasteiger charge is -2.06. The Labute approximate surface area is 96.4 Å². The van der Waals surface area contributed by atoms with Gasteiger partial charge in [-0.2, -0.15) is 4.98 Å². The van der Waals surface area contributed by atoms with E-state index in [1.54, 1.807) is 7.05 Å². The summed E-state index contributed by atoms with van der Waals surface area (Å²) in [7, 11) is 2.79. The second-order valence-corrected chi connectivity index (χ2v) is 2.86. The molecule has 0 saturated heterocycles. The van der Waals surface area contributed by atoms with E-state index in [0.29, 0.717) is 0 Å². The molecule has 0 atom stereocenters. The molecule has 1 aromatic rings. The van der Waals surface area contributed by atoms with Crippen LogP contribution in [0.15, 0.2) is 6.20 Å². The highest BCUT2D eigenvalue weighted by Crippen LogP contribution is 2.21. The largest absolute Gasteiger partial charge is 0.468 e. The average molecular weight is 241 g/mol. The first kappa shape index (κ1) is 12.6. The van der Waals surface area contributed by atoms with Crippen LogP contribution >= 0.6 is 0 Å². The van der Waals surface area contributed by atoms with E-state index >= 15 is 0 Å². The van der Waals surface area contributed by atoms with Crippen LogP contribution < -0.4 is 10.6 Å². The summed E-state index contributed by atoms with van der Waals surface area (Å²) in [6.45, 7) is -0.211. The SMILES string of the molecule is CNc1ncc([N+](=O)[O-])c(NCC(=O)OC)n1. The summed E-state index contributed by atoms with van der Waals surface area (Å²) in [5.41, 5.74) is -0.312. The number of nitro groups is 1. The summed E-state index contributed by atoms with van der Waals surface area (Å²) in [6, 6.07) is 0. The molecule has 0 spiro atoms. The van der Waals surface area contributed by atoms with E-state index in [2.05, 4.69) is 25.3 Å². The maximum absolute atomic E-state index is 10.9. The molecule has 0 saturated carbocycles. The lowest BCUT2D eigenvalue weighted by molar-refractivity contribution is -0.384. The number of aromatic nitrogens is 2. The van der Waals surface area contributed by atoms with Crippen LogP contribution in [0.4, 0.5) is 17.5 Å². The van der Waals surface area contributed by atoms with Crippen molar-refractivity contribution in [1.29, 1.82) is 0 Å². The van der Waals surface area contributed by atoms with E-state index < -0.39 is 10.9 Å². The third-order valence-corrected chi connectivity index (χ3v) is 1.82. The predicted molar refractivity (Wildman–Crippen MR) is 58.7 cm³/mol. The van der Waals surface area contributed by atoms with Crippen LogP contribution in [0.25, 0.3) is 0 Å². The van der Waals surface area contributed by atoms with Gasteiger partial charge in [0.15, 0.2) is 0 Å². The van der Waals surface area contributed by atoms with Crippen molar-refractivity contribution in [2.75, 3.05) is 31.3 Å². The summed E-state index contributed by atoms with van der Waals surface area (Å²) >= 11 is 0. The van der Waals surface area contributed by atoms with Gasteiger partial charge in [-0.3, -0.25) is 14.9 Å². The minimum Gasteiger partial charge on any atom is -0.468 e. The van der Waals surface area contributed by atoms with Gasteiger partial charge in [0, 0.05) is 7.05 Å². The molecule has 1 heterocycles. The quantitative estimate of drug-likeness (QED) is 0.420. The normalized spacial score (nSPS) is 9.53. The highest BCUT2D eigenvalue weighted by Gasteiger charge is 2.17. The monoisotopic (exact) mass is 241 g/mol. The molecule has 0 aliphatic carbocycles. The van der Waals surface area contributed by atoms with Gasteiger partial charge in [-0.1, -0.05) is 0 Å². The van der Waals surface area contributed by atoms with E-state index in [1.807, 2.05) is 0 Å². The average Bonchev–Trinajstić information content (AvgIpc) is 2.35. The van der Waals surface area contributed by atoms with Gasteiger partial charge in [-0.15, -0.1) is 0 Å². The molecule has 0 aliphatic heterocycles. The number of hydrogen-bond acceptors (Lipinski definition) is 8. The molecule has 2 N–H and O–H groups in total. The first-order valence-corrected chi connectivity index (χ1v) is 4.58. The maximum Gasteiger partial charge on any atom is 0.329 e. The number of methoxy groups -OCH3 is 1. The van der Waals surface area contributed by atoms with Crippen LogP contribution in [0.5, 0.6) is 0 Å². The van der Waals surface area contributed by atoms with E-state index in [4.69, 9.17) is 0 Å². The van der Waals surface area contributed by atoms with E-state index in [9.17, 15) is 14.9 Å². The molecule has 0 bridgehead atoms. The van der Waals surface area contributed by atoms with Crippen molar-refractivity contribution in [3.05, 3.63) is 16.3 Å². The number of esters is 1. The van der Waals surface area contributed by atoms with Crippen molar-refractivity contribution in [2.24, 2.45) is 0 Å². The molecule has 92 valence electrons. The van der Waals surface area contributed by atoms with Crippen LogP contribution in [0.3, 0.4) is 0 Å². The standard InChI is InChI=1S/C8H11N5O4/c1-9-8-11-3-5(13(15)16)7(12-8)10-4-6(14)17-2/h3H,4H2,1-2H3,(H2,9,10,11,12). The Kier molecular flexibility index (Phi) is 4.14. The number of anilines is 2. The number of rotatable bonds is 5. The highest BCUT2D eigenvalue weighted by atomic mass is 16.6. The Morgan fingerprint density at radius 2 is 2.35 bits per heavy atom. The van der Waals surface area contributed by atoms with Crippen molar-refractivity contribution < 1.29 is 14.5 Å². The molecule has 9 nitrogen and oxygen atoms in total. The maximum atomic E-state index is 10.9. The Bertz CT molecular complexity index is 436. The van der Waals surface area contributed by atoms with Crippen molar-refractivity contribution in [1.82, 2.24) is 9.97 Å². The molecule has 9 heteroatoms. The van der Waals surface area contributed by atoms with Gasteiger partial charge in [0.2, 0.25) is 11.8 Å². The molecular formula is C8H11N5O4. The molecule has 0 radical (unpaired) electrons. The van der Waals surface area contributed by atoms with Gasteiger partial charge in [-0.05, 0) is 0 Å². The molecule has 0 aliphatic rings. The van der Waals surface area contributed by atoms with Gasteiger partial charge in [0.1, 0.15) is 12.7 Å². The molecule has 0 unspecified atom stereocenters. The minimum absolute atomic E-state index is 0.0419. The van der Waals surface area contributed by atoms with Gasteiger partial charge in [0.25, 0.3) is 0 Å². The fourth-order valence-corrected chi connectivity index (χ4v) is 0.988. The van der Waals surface area contributed by atoms with Crippen LogP contribution in [0.1, 0.15) is 0 Å². The predicted octanol–water partition coefficient (Wildman–Crippen LogP) is 0.0114. The van der Waals surface area contributed by atoms with E-state index in [1.165, 1.54) is 7.11 Å². The lowest BCUT2D eigenvalue weighted by Crippen LogP contribution is -2.17. The lowest BCUT2D eigenvalue weighted by atomic mass is 10.4. The third kappa shape index (κ3) is 3.26. The Hall–Kier alpha value is -2.45. The van der Waals surface area contributed by atoms with Crippen LogP contribution in [0, 0.1) is 10.1 Å². The van der Waals surface area contributed by atoms with Gasteiger partial charge >= 0.3 is 11.7 Å². The number of carbonyl (C=O) groups is 1. The summed E-state index contributed by atoms with van der Waals surface area (Å²) in [5, 5.41) is 15.8. The van der Waals surface area contributed by atoms with Crippen LogP contribution in [-0.4, -0.2) is 41.6 Å². The molecule has 17 heavy (non-hydrogen) atoms. The molecule has 1 rings (SSSR count). The Morgan fingerprint density at radius 1 is 1.65 bits per heavy atom. The van der Waals surface area contributed by atoms with E-state index in [0.717, 1.165) is 6.20 Å². The van der Waals surface area contributed by atoms with Crippen molar-refractivity contribution in [2.45, 2.75) is 0 Å². The highest BCUT2D eigenvalue weighted by molar-refractivity contribution is 5.75. The Morgan fingerprint density at radius 3 is 2.88 bits per heavy atom. The summed E-state index contributed by atoms with van der Waals surface area (Å²) < 4.78 is 4.40. The number of ether oxygens (including phenoxy) is 1. The second-order valence-electron chi connectivity index (χ2n) is 2.86. The van der Waals surface area contributed by atoms with Gasteiger partial charge in [0.05, 0.1) is 12.0 Å². The van der Waals surface area contributed by atoms with E-state index in [-0.39, 0.29) is 24.0 Å². The van der Waals surface area contributed by atoms with Crippen molar-refractivity contribution in [3.8, 4) is 0 Å². The fraction of sp³-hybridized carbons (Fsp3) is 0.375. The zero-order chi connectivity index (χ0) is 12.8. The fourth-order valence-electron chi connectivity index (χ4n) is 0.988. The molecule has 1 aromatic heterocycles. The van der Waals surface area contributed by atoms with Crippen molar-refractivity contribution >= 4 is 23.4 Å². The Balaban J connectivity index is 2.93. The molecule has 0 amide bonds. The number of nitrogens with zero attached hydrogens (tertiary/aromatic N) is 3. The zero-order valence-corrected chi connectivity index (χ0v) is 9.26. The summed E-state index contributed by atoms with van der Waals surface area (Å²) in [6.07, 6.45) is 1.05. The summed E-state index contributed by atoms with van der Waals surface area (Å²) in [5.74, 6) is -0.383. The third-order valence-electron chi connectivity index (χ3n) is 1.82. The minimum atomic E-state index is -0.640. The molecule has 0 aromatic carbocycles. The number of carbonyl (C=O) groups excluding carboxylic acids is 1. The first-order valence-electron chi connectivity index (χ1n) is 4.58.